The van der Waals surface area contributed by atoms with Gasteiger partial charge < -0.3 is 10.5 Å². The first-order valence-corrected chi connectivity index (χ1v) is 7.46. The van der Waals surface area contributed by atoms with E-state index in [0.29, 0.717) is 6.10 Å². The minimum Gasteiger partial charge on any atom is -0.377 e. The summed E-state index contributed by atoms with van der Waals surface area (Å²) in [5.74, 6) is 0. The molecule has 1 unspecified atom stereocenters. The van der Waals surface area contributed by atoms with Gasteiger partial charge in [0.1, 0.15) is 0 Å². The first kappa shape index (κ1) is 14.5. The fourth-order valence-electron chi connectivity index (χ4n) is 2.63. The monoisotopic (exact) mass is 262 g/mol. The van der Waals surface area contributed by atoms with Crippen LogP contribution < -0.4 is 5.73 Å². The van der Waals surface area contributed by atoms with Crippen molar-refractivity contribution in [1.82, 2.24) is 4.90 Å². The van der Waals surface area contributed by atoms with Crippen molar-refractivity contribution in [2.75, 3.05) is 26.2 Å². The van der Waals surface area contributed by atoms with Gasteiger partial charge in [-0.05, 0) is 44.3 Å². The Morgan fingerprint density at radius 3 is 2.74 bits per heavy atom. The highest BCUT2D eigenvalue weighted by Gasteiger charge is 2.17. The molecular formula is C16H26N2O. The molecule has 1 atom stereocenters. The van der Waals surface area contributed by atoms with Gasteiger partial charge in [0.2, 0.25) is 0 Å². The molecule has 3 nitrogen and oxygen atoms in total. The Morgan fingerprint density at radius 2 is 2.05 bits per heavy atom. The summed E-state index contributed by atoms with van der Waals surface area (Å²) in [7, 11) is 0. The van der Waals surface area contributed by atoms with Crippen LogP contribution in [-0.4, -0.2) is 37.2 Å². The lowest BCUT2D eigenvalue weighted by molar-refractivity contribution is -0.00723. The molecule has 0 bridgehead atoms. The minimum absolute atomic E-state index is 0.412. The fourth-order valence-corrected chi connectivity index (χ4v) is 2.63. The minimum atomic E-state index is 0.412. The Labute approximate surface area is 116 Å². The smallest absolute Gasteiger partial charge is 0.0702 e. The second kappa shape index (κ2) is 8.31. The van der Waals surface area contributed by atoms with Crippen molar-refractivity contribution < 1.29 is 4.74 Å². The lowest BCUT2D eigenvalue weighted by Gasteiger charge is -2.30. The molecule has 1 aliphatic heterocycles. The highest BCUT2D eigenvalue weighted by Crippen LogP contribution is 2.15. The van der Waals surface area contributed by atoms with Gasteiger partial charge in [0, 0.05) is 19.7 Å². The van der Waals surface area contributed by atoms with Crippen molar-refractivity contribution in [1.29, 1.82) is 0 Å². The van der Waals surface area contributed by atoms with Crippen molar-refractivity contribution in [3.05, 3.63) is 35.9 Å². The van der Waals surface area contributed by atoms with E-state index in [0.717, 1.165) is 39.2 Å². The summed E-state index contributed by atoms with van der Waals surface area (Å²) in [5.41, 5.74) is 7.02. The van der Waals surface area contributed by atoms with Crippen LogP contribution in [0.2, 0.25) is 0 Å². The maximum absolute atomic E-state index is 5.85. The Balaban J connectivity index is 1.87. The molecule has 0 aliphatic carbocycles. The summed E-state index contributed by atoms with van der Waals surface area (Å²) in [5, 5.41) is 0. The van der Waals surface area contributed by atoms with Crippen LogP contribution in [0.15, 0.2) is 30.3 Å². The number of hydrogen-bond donors (Lipinski definition) is 1. The van der Waals surface area contributed by atoms with Gasteiger partial charge in [0.15, 0.2) is 0 Å². The third-order valence-electron chi connectivity index (χ3n) is 3.66. The van der Waals surface area contributed by atoms with Crippen LogP contribution in [0.1, 0.15) is 31.2 Å². The van der Waals surface area contributed by atoms with Crippen LogP contribution in [0.4, 0.5) is 0 Å². The third kappa shape index (κ3) is 5.31. The van der Waals surface area contributed by atoms with Gasteiger partial charge in [-0.2, -0.15) is 0 Å². The molecule has 0 saturated carbocycles. The summed E-state index contributed by atoms with van der Waals surface area (Å²) >= 11 is 0. The predicted molar refractivity (Wildman–Crippen MR) is 79.0 cm³/mol. The van der Waals surface area contributed by atoms with E-state index in [1.807, 2.05) is 0 Å². The summed E-state index contributed by atoms with van der Waals surface area (Å²) in [6, 6.07) is 10.7. The first-order chi connectivity index (χ1) is 9.38. The van der Waals surface area contributed by atoms with Gasteiger partial charge >= 0.3 is 0 Å². The summed E-state index contributed by atoms with van der Waals surface area (Å²) in [4.78, 5) is 2.48. The molecule has 1 heterocycles. The standard InChI is InChI=1S/C16H26N2O/c17-10-6-11-18(13-15-7-2-1-3-8-15)14-16-9-4-5-12-19-16/h1-3,7-8,16H,4-6,9-14,17H2. The molecule has 1 aliphatic rings. The van der Waals surface area contributed by atoms with Gasteiger partial charge in [0.25, 0.3) is 0 Å². The molecule has 0 aromatic heterocycles. The van der Waals surface area contributed by atoms with E-state index < -0.39 is 0 Å². The Bertz CT molecular complexity index is 336. The SMILES string of the molecule is NCCCN(Cc1ccccc1)CC1CCCCO1. The van der Waals surface area contributed by atoms with E-state index >= 15 is 0 Å². The van der Waals surface area contributed by atoms with Gasteiger partial charge in [-0.25, -0.2) is 0 Å². The lowest BCUT2D eigenvalue weighted by Crippen LogP contribution is -2.36. The molecule has 0 spiro atoms. The Hall–Kier alpha value is -0.900. The maximum atomic E-state index is 5.85. The Kier molecular flexibility index (Phi) is 6.34. The lowest BCUT2D eigenvalue weighted by atomic mass is 10.1. The molecule has 3 heteroatoms. The average Bonchev–Trinajstić information content (AvgIpc) is 2.47. The van der Waals surface area contributed by atoms with Crippen LogP contribution in [0.25, 0.3) is 0 Å². The molecule has 1 fully saturated rings. The number of rotatable bonds is 7. The van der Waals surface area contributed by atoms with E-state index in [1.165, 1.54) is 24.8 Å². The number of nitrogens with zero attached hydrogens (tertiary/aromatic N) is 1. The molecule has 1 aromatic rings. The molecule has 19 heavy (non-hydrogen) atoms. The average molecular weight is 262 g/mol. The molecule has 2 rings (SSSR count). The maximum Gasteiger partial charge on any atom is 0.0702 e. The van der Waals surface area contributed by atoms with Crippen molar-refractivity contribution >= 4 is 0 Å². The molecule has 2 N–H and O–H groups in total. The number of nitrogens with two attached hydrogens (primary N) is 1. The van der Waals surface area contributed by atoms with E-state index in [9.17, 15) is 0 Å². The highest BCUT2D eigenvalue weighted by molar-refractivity contribution is 5.14. The number of benzene rings is 1. The van der Waals surface area contributed by atoms with Gasteiger partial charge in [-0.1, -0.05) is 30.3 Å². The summed E-state index contributed by atoms with van der Waals surface area (Å²) in [6.45, 7) is 4.79. The van der Waals surface area contributed by atoms with E-state index in [1.54, 1.807) is 0 Å². The molecule has 0 radical (unpaired) electrons. The van der Waals surface area contributed by atoms with E-state index in [-0.39, 0.29) is 0 Å². The zero-order chi connectivity index (χ0) is 13.3. The van der Waals surface area contributed by atoms with Crippen LogP contribution in [0.3, 0.4) is 0 Å². The van der Waals surface area contributed by atoms with Crippen LogP contribution >= 0.6 is 0 Å². The largest absolute Gasteiger partial charge is 0.377 e. The van der Waals surface area contributed by atoms with Crippen molar-refractivity contribution in [3.8, 4) is 0 Å². The summed E-state index contributed by atoms with van der Waals surface area (Å²) in [6.07, 6.45) is 5.20. The first-order valence-electron chi connectivity index (χ1n) is 7.46. The quantitative estimate of drug-likeness (QED) is 0.820. The van der Waals surface area contributed by atoms with Crippen molar-refractivity contribution in [3.63, 3.8) is 0 Å². The third-order valence-corrected chi connectivity index (χ3v) is 3.66. The van der Waals surface area contributed by atoms with Crippen molar-refractivity contribution in [2.24, 2.45) is 5.73 Å². The Morgan fingerprint density at radius 1 is 1.21 bits per heavy atom. The topological polar surface area (TPSA) is 38.5 Å². The molecule has 1 saturated heterocycles. The normalized spacial score (nSPS) is 19.8. The molecule has 106 valence electrons. The number of hydrogen-bond acceptors (Lipinski definition) is 3. The van der Waals surface area contributed by atoms with Gasteiger partial charge in [0.05, 0.1) is 6.10 Å². The second-order valence-electron chi connectivity index (χ2n) is 5.35. The fraction of sp³-hybridized carbons (Fsp3) is 0.625. The predicted octanol–water partition coefficient (Wildman–Crippen LogP) is 2.41. The molecule has 1 aromatic carbocycles. The summed E-state index contributed by atoms with van der Waals surface area (Å²) < 4.78 is 5.85. The van der Waals surface area contributed by atoms with E-state index in [4.69, 9.17) is 10.5 Å². The van der Waals surface area contributed by atoms with Gasteiger partial charge in [-0.15, -0.1) is 0 Å². The van der Waals surface area contributed by atoms with Crippen LogP contribution in [0, 0.1) is 0 Å². The molecule has 0 amide bonds. The highest BCUT2D eigenvalue weighted by atomic mass is 16.5. The van der Waals surface area contributed by atoms with Gasteiger partial charge in [-0.3, -0.25) is 4.90 Å². The zero-order valence-corrected chi connectivity index (χ0v) is 11.8. The second-order valence-corrected chi connectivity index (χ2v) is 5.35. The van der Waals surface area contributed by atoms with Crippen LogP contribution in [-0.2, 0) is 11.3 Å². The zero-order valence-electron chi connectivity index (χ0n) is 11.8. The van der Waals surface area contributed by atoms with E-state index in [2.05, 4.69) is 35.2 Å². The molecular weight excluding hydrogens is 236 g/mol. The van der Waals surface area contributed by atoms with Crippen molar-refractivity contribution in [2.45, 2.75) is 38.3 Å². The van der Waals surface area contributed by atoms with Crippen LogP contribution in [0.5, 0.6) is 0 Å². The number of ether oxygens (including phenoxy) is 1.